The number of amides is 1. The van der Waals surface area contributed by atoms with E-state index in [1.54, 1.807) is 0 Å². The van der Waals surface area contributed by atoms with Crippen LogP contribution in [0.5, 0.6) is 0 Å². The van der Waals surface area contributed by atoms with Gasteiger partial charge in [0.25, 0.3) is 0 Å². The summed E-state index contributed by atoms with van der Waals surface area (Å²) in [6, 6.07) is 6.73. The molecule has 1 heterocycles. The van der Waals surface area contributed by atoms with E-state index in [-0.39, 0.29) is 5.91 Å². The summed E-state index contributed by atoms with van der Waals surface area (Å²) in [6.45, 7) is 5.96. The van der Waals surface area contributed by atoms with Gasteiger partial charge in [0.2, 0.25) is 5.91 Å². The van der Waals surface area contributed by atoms with Crippen molar-refractivity contribution < 1.29 is 4.79 Å². The first kappa shape index (κ1) is 15.0. The van der Waals surface area contributed by atoms with E-state index in [0.717, 1.165) is 18.7 Å². The first-order chi connectivity index (χ1) is 9.65. The van der Waals surface area contributed by atoms with E-state index >= 15 is 0 Å². The Bertz CT molecular complexity index is 448. The molecule has 1 aromatic carbocycles. The molecule has 1 saturated heterocycles. The highest BCUT2D eigenvalue weighted by atomic mass is 16.1. The van der Waals surface area contributed by atoms with Gasteiger partial charge in [0.05, 0.1) is 6.42 Å². The molecule has 20 heavy (non-hydrogen) atoms. The maximum atomic E-state index is 12.1. The number of aryl methyl sites for hydroxylation is 2. The van der Waals surface area contributed by atoms with Crippen LogP contribution < -0.4 is 10.6 Å². The Morgan fingerprint density at radius 3 is 3.00 bits per heavy atom. The van der Waals surface area contributed by atoms with Crippen LogP contribution in [0.3, 0.4) is 0 Å². The predicted octanol–water partition coefficient (Wildman–Crippen LogP) is 2.49. The molecule has 1 aliphatic heterocycles. The van der Waals surface area contributed by atoms with E-state index in [1.165, 1.54) is 36.8 Å². The van der Waals surface area contributed by atoms with E-state index < -0.39 is 0 Å². The number of hydrogen-bond donors (Lipinski definition) is 2. The summed E-state index contributed by atoms with van der Waals surface area (Å²) in [5.41, 5.74) is 3.54. The summed E-state index contributed by atoms with van der Waals surface area (Å²) in [5.74, 6) is 0.129. The molecule has 2 N–H and O–H groups in total. The minimum atomic E-state index is 0.129. The van der Waals surface area contributed by atoms with Crippen LogP contribution in [0.15, 0.2) is 18.2 Å². The Morgan fingerprint density at radius 2 is 2.15 bits per heavy atom. The quantitative estimate of drug-likeness (QED) is 0.885. The lowest BCUT2D eigenvalue weighted by atomic mass is 10.0. The number of carbonyl (C=O) groups excluding carboxylic acids is 1. The van der Waals surface area contributed by atoms with E-state index in [4.69, 9.17) is 0 Å². The third kappa shape index (κ3) is 4.64. The number of carbonyl (C=O) groups is 1. The predicted molar refractivity (Wildman–Crippen MR) is 82.9 cm³/mol. The zero-order valence-corrected chi connectivity index (χ0v) is 12.7. The van der Waals surface area contributed by atoms with Crippen LogP contribution in [0.1, 0.15) is 42.4 Å². The Hall–Kier alpha value is -1.35. The molecule has 1 amide bonds. The maximum absolute atomic E-state index is 12.1. The zero-order chi connectivity index (χ0) is 14.4. The first-order valence-electron chi connectivity index (χ1n) is 7.71. The second kappa shape index (κ2) is 7.44. The van der Waals surface area contributed by atoms with Gasteiger partial charge in [-0.3, -0.25) is 4.79 Å². The lowest BCUT2D eigenvalue weighted by Gasteiger charge is -2.16. The SMILES string of the molecule is Cc1ccc(C)c(CC(=O)NCC2CCCCCN2)c1. The second-order valence-electron chi connectivity index (χ2n) is 5.91. The van der Waals surface area contributed by atoms with Crippen molar-refractivity contribution in [2.45, 2.75) is 52.0 Å². The van der Waals surface area contributed by atoms with Crippen molar-refractivity contribution in [2.24, 2.45) is 0 Å². The highest BCUT2D eigenvalue weighted by Gasteiger charge is 2.13. The van der Waals surface area contributed by atoms with Crippen LogP contribution in [0.2, 0.25) is 0 Å². The van der Waals surface area contributed by atoms with Gasteiger partial charge in [-0.25, -0.2) is 0 Å². The number of rotatable bonds is 4. The molecule has 1 atom stereocenters. The highest BCUT2D eigenvalue weighted by molar-refractivity contribution is 5.79. The summed E-state index contributed by atoms with van der Waals surface area (Å²) >= 11 is 0. The molecule has 0 bridgehead atoms. The number of hydrogen-bond acceptors (Lipinski definition) is 2. The van der Waals surface area contributed by atoms with Crippen molar-refractivity contribution in [2.75, 3.05) is 13.1 Å². The average Bonchev–Trinajstić information content (AvgIpc) is 2.69. The van der Waals surface area contributed by atoms with Crippen molar-refractivity contribution in [3.05, 3.63) is 34.9 Å². The molecule has 3 heteroatoms. The maximum Gasteiger partial charge on any atom is 0.224 e. The smallest absolute Gasteiger partial charge is 0.224 e. The molecule has 3 nitrogen and oxygen atoms in total. The summed E-state index contributed by atoms with van der Waals surface area (Å²) in [7, 11) is 0. The van der Waals surface area contributed by atoms with Crippen LogP contribution in [0, 0.1) is 13.8 Å². The zero-order valence-electron chi connectivity index (χ0n) is 12.7. The van der Waals surface area contributed by atoms with Crippen LogP contribution in [-0.4, -0.2) is 25.0 Å². The molecule has 0 aromatic heterocycles. The lowest BCUT2D eigenvalue weighted by Crippen LogP contribution is -2.40. The fourth-order valence-corrected chi connectivity index (χ4v) is 2.74. The van der Waals surface area contributed by atoms with E-state index in [0.29, 0.717) is 12.5 Å². The fraction of sp³-hybridized carbons (Fsp3) is 0.588. The van der Waals surface area contributed by atoms with Gasteiger partial charge < -0.3 is 10.6 Å². The standard InChI is InChI=1S/C17H26N2O/c1-13-7-8-14(2)15(10-13)11-17(20)19-12-16-6-4-3-5-9-18-16/h7-8,10,16,18H,3-6,9,11-12H2,1-2H3,(H,19,20). The van der Waals surface area contributed by atoms with Crippen LogP contribution in [-0.2, 0) is 11.2 Å². The Balaban J connectivity index is 1.81. The molecule has 0 spiro atoms. The molecule has 2 rings (SSSR count). The lowest BCUT2D eigenvalue weighted by molar-refractivity contribution is -0.120. The van der Waals surface area contributed by atoms with Gasteiger partial charge in [-0.05, 0) is 44.4 Å². The Labute approximate surface area is 122 Å². The van der Waals surface area contributed by atoms with E-state index in [9.17, 15) is 4.79 Å². The first-order valence-corrected chi connectivity index (χ1v) is 7.71. The number of benzene rings is 1. The Morgan fingerprint density at radius 1 is 1.30 bits per heavy atom. The van der Waals surface area contributed by atoms with Gasteiger partial charge >= 0.3 is 0 Å². The van der Waals surface area contributed by atoms with Crippen LogP contribution in [0.25, 0.3) is 0 Å². The monoisotopic (exact) mass is 274 g/mol. The van der Waals surface area contributed by atoms with E-state index in [2.05, 4.69) is 42.7 Å². The van der Waals surface area contributed by atoms with Gasteiger partial charge in [0.1, 0.15) is 0 Å². The molecule has 1 aliphatic rings. The van der Waals surface area contributed by atoms with Crippen molar-refractivity contribution >= 4 is 5.91 Å². The Kier molecular flexibility index (Phi) is 5.60. The number of nitrogens with one attached hydrogen (secondary N) is 2. The van der Waals surface area contributed by atoms with Gasteiger partial charge in [0, 0.05) is 12.6 Å². The fourth-order valence-electron chi connectivity index (χ4n) is 2.74. The third-order valence-corrected chi connectivity index (χ3v) is 4.06. The van der Waals surface area contributed by atoms with Gasteiger partial charge in [-0.15, -0.1) is 0 Å². The highest BCUT2D eigenvalue weighted by Crippen LogP contribution is 2.11. The molecule has 1 aromatic rings. The van der Waals surface area contributed by atoms with Crippen molar-refractivity contribution in [1.29, 1.82) is 0 Å². The summed E-state index contributed by atoms with van der Waals surface area (Å²) in [4.78, 5) is 12.1. The minimum absolute atomic E-state index is 0.129. The summed E-state index contributed by atoms with van der Waals surface area (Å²) in [6.07, 6.45) is 5.49. The molecule has 110 valence electrons. The largest absolute Gasteiger partial charge is 0.354 e. The summed E-state index contributed by atoms with van der Waals surface area (Å²) < 4.78 is 0. The molecular formula is C17H26N2O. The molecule has 0 radical (unpaired) electrons. The van der Waals surface area contributed by atoms with Gasteiger partial charge in [-0.1, -0.05) is 36.6 Å². The molecular weight excluding hydrogens is 248 g/mol. The van der Waals surface area contributed by atoms with Crippen molar-refractivity contribution in [3.8, 4) is 0 Å². The molecule has 0 saturated carbocycles. The van der Waals surface area contributed by atoms with E-state index in [1.807, 2.05) is 0 Å². The minimum Gasteiger partial charge on any atom is -0.354 e. The van der Waals surface area contributed by atoms with Crippen molar-refractivity contribution in [1.82, 2.24) is 10.6 Å². The summed E-state index contributed by atoms with van der Waals surface area (Å²) in [5, 5.41) is 6.58. The van der Waals surface area contributed by atoms with Crippen LogP contribution >= 0.6 is 0 Å². The normalized spacial score (nSPS) is 19.4. The molecule has 1 fully saturated rings. The van der Waals surface area contributed by atoms with Gasteiger partial charge in [0.15, 0.2) is 0 Å². The average molecular weight is 274 g/mol. The third-order valence-electron chi connectivity index (χ3n) is 4.06. The molecule has 1 unspecified atom stereocenters. The van der Waals surface area contributed by atoms with Gasteiger partial charge in [-0.2, -0.15) is 0 Å². The topological polar surface area (TPSA) is 41.1 Å². The second-order valence-corrected chi connectivity index (χ2v) is 5.91. The van der Waals surface area contributed by atoms with Crippen LogP contribution in [0.4, 0.5) is 0 Å². The van der Waals surface area contributed by atoms with Crippen molar-refractivity contribution in [3.63, 3.8) is 0 Å². The molecule has 0 aliphatic carbocycles.